The highest BCUT2D eigenvalue weighted by Crippen LogP contribution is 2.07. The predicted molar refractivity (Wildman–Crippen MR) is 122 cm³/mol. The zero-order chi connectivity index (χ0) is 19.0. The molecular formula is C19H41IN4O3. The van der Waals surface area contributed by atoms with Gasteiger partial charge in [0.1, 0.15) is 0 Å². The van der Waals surface area contributed by atoms with E-state index in [0.717, 1.165) is 58.3 Å². The fourth-order valence-corrected chi connectivity index (χ4v) is 2.83. The largest absolute Gasteiger partial charge is 0.379 e. The molecular weight excluding hydrogens is 459 g/mol. The minimum atomic E-state index is 0. The average Bonchev–Trinajstić information content (AvgIpc) is 2.62. The minimum absolute atomic E-state index is 0. The number of hydrogen-bond donors (Lipinski definition) is 2. The van der Waals surface area contributed by atoms with Gasteiger partial charge in [-0.1, -0.05) is 27.2 Å². The monoisotopic (exact) mass is 500 g/mol. The molecule has 1 aliphatic heterocycles. The van der Waals surface area contributed by atoms with E-state index in [9.17, 15) is 0 Å². The Morgan fingerprint density at radius 2 is 1.93 bits per heavy atom. The van der Waals surface area contributed by atoms with Crippen molar-refractivity contribution in [1.82, 2.24) is 15.5 Å². The fraction of sp³-hybridized carbons (Fsp3) is 0.947. The van der Waals surface area contributed by atoms with Crippen molar-refractivity contribution in [1.29, 1.82) is 0 Å². The summed E-state index contributed by atoms with van der Waals surface area (Å²) >= 11 is 0. The Hall–Kier alpha value is -0.160. The Bertz CT molecular complexity index is 373. The highest BCUT2D eigenvalue weighted by molar-refractivity contribution is 14.0. The molecule has 7 nitrogen and oxygen atoms in total. The van der Waals surface area contributed by atoms with Crippen molar-refractivity contribution >= 4 is 29.9 Å². The summed E-state index contributed by atoms with van der Waals surface area (Å²) in [5.74, 6) is 1.48. The van der Waals surface area contributed by atoms with Gasteiger partial charge in [-0.25, -0.2) is 0 Å². The summed E-state index contributed by atoms with van der Waals surface area (Å²) in [6, 6.07) is 0. The maximum absolute atomic E-state index is 5.86. The molecule has 1 atom stereocenters. The lowest BCUT2D eigenvalue weighted by molar-refractivity contribution is -0.0284. The summed E-state index contributed by atoms with van der Waals surface area (Å²) in [5.41, 5.74) is 0. The zero-order valence-electron chi connectivity index (χ0n) is 17.7. The maximum atomic E-state index is 5.86. The molecule has 0 amide bonds. The van der Waals surface area contributed by atoms with Crippen LogP contribution >= 0.6 is 24.0 Å². The van der Waals surface area contributed by atoms with Gasteiger partial charge in [-0.3, -0.25) is 9.89 Å². The molecule has 0 aromatic carbocycles. The highest BCUT2D eigenvalue weighted by Gasteiger charge is 2.20. The van der Waals surface area contributed by atoms with Crippen molar-refractivity contribution in [3.8, 4) is 0 Å². The van der Waals surface area contributed by atoms with Gasteiger partial charge in [0, 0.05) is 46.4 Å². The summed E-state index contributed by atoms with van der Waals surface area (Å²) in [7, 11) is 1.78. The molecule has 1 aliphatic rings. The number of aliphatic imine (C=N–C) groups is 1. The lowest BCUT2D eigenvalue weighted by Crippen LogP contribution is -2.50. The summed E-state index contributed by atoms with van der Waals surface area (Å²) in [6.45, 7) is 14.9. The predicted octanol–water partition coefficient (Wildman–Crippen LogP) is 1.96. The second-order valence-corrected chi connectivity index (χ2v) is 7.10. The summed E-state index contributed by atoms with van der Waals surface area (Å²) in [4.78, 5) is 6.73. The van der Waals surface area contributed by atoms with Crippen LogP contribution in [0.4, 0.5) is 0 Å². The van der Waals surface area contributed by atoms with Crippen LogP contribution in [0.15, 0.2) is 4.99 Å². The molecule has 1 unspecified atom stereocenters. The van der Waals surface area contributed by atoms with Crippen LogP contribution in [0.2, 0.25) is 0 Å². The van der Waals surface area contributed by atoms with E-state index in [-0.39, 0.29) is 30.1 Å². The molecule has 0 aromatic rings. The normalized spacial score (nSPS) is 18.4. The number of ether oxygens (including phenoxy) is 3. The van der Waals surface area contributed by atoms with Crippen molar-refractivity contribution in [2.24, 2.45) is 10.9 Å². The van der Waals surface area contributed by atoms with E-state index in [0.29, 0.717) is 25.7 Å². The van der Waals surface area contributed by atoms with Crippen molar-refractivity contribution in [2.75, 3.05) is 72.8 Å². The average molecular weight is 500 g/mol. The Morgan fingerprint density at radius 1 is 1.19 bits per heavy atom. The molecule has 0 aromatic heterocycles. The van der Waals surface area contributed by atoms with E-state index >= 15 is 0 Å². The lowest BCUT2D eigenvalue weighted by atomic mass is 10.2. The number of nitrogens with one attached hydrogen (secondary N) is 2. The number of guanidine groups is 1. The molecule has 1 fully saturated rings. The van der Waals surface area contributed by atoms with Gasteiger partial charge < -0.3 is 24.8 Å². The van der Waals surface area contributed by atoms with Gasteiger partial charge in [0.05, 0.1) is 32.5 Å². The van der Waals surface area contributed by atoms with Crippen LogP contribution in [0.3, 0.4) is 0 Å². The SMILES string of the molecule is CCCCOCCOCCNC(=NC)NCC1CN(CC(C)C)CCO1.I. The van der Waals surface area contributed by atoms with Gasteiger partial charge in [-0.2, -0.15) is 0 Å². The molecule has 1 rings (SSSR count). The van der Waals surface area contributed by atoms with E-state index in [1.807, 2.05) is 0 Å². The minimum Gasteiger partial charge on any atom is -0.379 e. The van der Waals surface area contributed by atoms with Crippen LogP contribution in [-0.2, 0) is 14.2 Å². The van der Waals surface area contributed by atoms with Crippen LogP contribution in [0.25, 0.3) is 0 Å². The third-order valence-corrected chi connectivity index (χ3v) is 4.12. The van der Waals surface area contributed by atoms with Crippen molar-refractivity contribution in [3.63, 3.8) is 0 Å². The second kappa shape index (κ2) is 17.9. The highest BCUT2D eigenvalue weighted by atomic mass is 127. The van der Waals surface area contributed by atoms with Gasteiger partial charge in [0.2, 0.25) is 0 Å². The number of nitrogens with zero attached hydrogens (tertiary/aromatic N) is 2. The van der Waals surface area contributed by atoms with Crippen LogP contribution in [0.1, 0.15) is 33.6 Å². The van der Waals surface area contributed by atoms with Gasteiger partial charge in [-0.15, -0.1) is 24.0 Å². The van der Waals surface area contributed by atoms with Crippen molar-refractivity contribution in [2.45, 2.75) is 39.7 Å². The molecule has 0 saturated carbocycles. The Kier molecular flexibility index (Phi) is 17.8. The van der Waals surface area contributed by atoms with Crippen LogP contribution in [0, 0.1) is 5.92 Å². The molecule has 27 heavy (non-hydrogen) atoms. The lowest BCUT2D eigenvalue weighted by Gasteiger charge is -2.34. The molecule has 0 radical (unpaired) electrons. The topological polar surface area (TPSA) is 67.4 Å². The first kappa shape index (κ1) is 26.8. The summed E-state index contributed by atoms with van der Waals surface area (Å²) in [5, 5.41) is 6.61. The van der Waals surface area contributed by atoms with E-state index in [4.69, 9.17) is 14.2 Å². The van der Waals surface area contributed by atoms with E-state index in [1.165, 1.54) is 6.42 Å². The smallest absolute Gasteiger partial charge is 0.191 e. The molecule has 1 saturated heterocycles. The first-order valence-electron chi connectivity index (χ1n) is 10.1. The Balaban J connectivity index is 0.00000676. The van der Waals surface area contributed by atoms with Gasteiger partial charge in [-0.05, 0) is 12.3 Å². The van der Waals surface area contributed by atoms with Crippen LogP contribution in [0.5, 0.6) is 0 Å². The second-order valence-electron chi connectivity index (χ2n) is 7.10. The summed E-state index contributed by atoms with van der Waals surface area (Å²) in [6.07, 6.45) is 2.49. The molecule has 0 aliphatic carbocycles. The fourth-order valence-electron chi connectivity index (χ4n) is 2.83. The van der Waals surface area contributed by atoms with E-state index < -0.39 is 0 Å². The number of morpholine rings is 1. The zero-order valence-corrected chi connectivity index (χ0v) is 20.0. The molecule has 0 bridgehead atoms. The van der Waals surface area contributed by atoms with Gasteiger partial charge >= 0.3 is 0 Å². The number of rotatable bonds is 13. The van der Waals surface area contributed by atoms with Crippen molar-refractivity contribution < 1.29 is 14.2 Å². The molecule has 0 spiro atoms. The first-order valence-corrected chi connectivity index (χ1v) is 10.1. The Labute approximate surface area is 183 Å². The van der Waals surface area contributed by atoms with E-state index in [1.54, 1.807) is 7.05 Å². The molecule has 162 valence electrons. The van der Waals surface area contributed by atoms with E-state index in [2.05, 4.69) is 41.3 Å². The molecule has 2 N–H and O–H groups in total. The third kappa shape index (κ3) is 14.5. The Morgan fingerprint density at radius 3 is 2.59 bits per heavy atom. The van der Waals surface area contributed by atoms with Gasteiger partial charge in [0.15, 0.2) is 5.96 Å². The van der Waals surface area contributed by atoms with Gasteiger partial charge in [0.25, 0.3) is 0 Å². The van der Waals surface area contributed by atoms with Crippen LogP contribution < -0.4 is 10.6 Å². The first-order chi connectivity index (χ1) is 12.7. The number of hydrogen-bond acceptors (Lipinski definition) is 5. The maximum Gasteiger partial charge on any atom is 0.191 e. The molecule has 8 heteroatoms. The van der Waals surface area contributed by atoms with Crippen LogP contribution in [-0.4, -0.2) is 89.8 Å². The standard InChI is InChI=1S/C19H40N4O3.HI/c1-5-6-9-24-12-13-25-10-7-21-19(20-4)22-14-18-16-23(8-11-26-18)15-17(2)3;/h17-18H,5-16H2,1-4H3,(H2,20,21,22);1H. The van der Waals surface area contributed by atoms with Crippen molar-refractivity contribution in [3.05, 3.63) is 0 Å². The third-order valence-electron chi connectivity index (χ3n) is 4.12. The number of unbranched alkanes of at least 4 members (excludes halogenated alkanes) is 1. The summed E-state index contributed by atoms with van der Waals surface area (Å²) < 4.78 is 16.9. The number of halogens is 1. The quantitative estimate of drug-likeness (QED) is 0.175. The molecule has 1 heterocycles.